The van der Waals surface area contributed by atoms with E-state index in [-0.39, 0.29) is 24.0 Å². The molecular weight excluding hydrogens is 401 g/mol. The standard InChI is InChI=1S/C17H35N5.HI/c1-4-21-9-6-8-16(21)12-20-17(18)19-11-15(3)22-10-5-7-14(2)13-22;/h14-16H,4-13H2,1-3H3,(H3,18,19,20);1H. The summed E-state index contributed by atoms with van der Waals surface area (Å²) in [7, 11) is 0. The van der Waals surface area contributed by atoms with Crippen molar-refractivity contribution >= 4 is 29.9 Å². The molecule has 2 saturated heterocycles. The summed E-state index contributed by atoms with van der Waals surface area (Å²) in [6.45, 7) is 13.4. The summed E-state index contributed by atoms with van der Waals surface area (Å²) in [4.78, 5) is 9.64. The minimum Gasteiger partial charge on any atom is -0.370 e. The molecule has 0 aliphatic carbocycles. The zero-order valence-electron chi connectivity index (χ0n) is 15.1. The summed E-state index contributed by atoms with van der Waals surface area (Å²) >= 11 is 0. The highest BCUT2D eigenvalue weighted by molar-refractivity contribution is 14.0. The Hall–Kier alpha value is -0.0800. The van der Waals surface area contributed by atoms with E-state index in [2.05, 4.69) is 40.9 Å². The van der Waals surface area contributed by atoms with Crippen LogP contribution >= 0.6 is 24.0 Å². The molecule has 3 N–H and O–H groups in total. The number of nitrogens with one attached hydrogen (secondary N) is 1. The monoisotopic (exact) mass is 437 g/mol. The van der Waals surface area contributed by atoms with Gasteiger partial charge in [0.1, 0.15) is 0 Å². The van der Waals surface area contributed by atoms with Crippen molar-refractivity contribution in [3.8, 4) is 0 Å². The minimum absolute atomic E-state index is 0. The van der Waals surface area contributed by atoms with Crippen LogP contribution in [0.25, 0.3) is 0 Å². The third-order valence-corrected chi connectivity index (χ3v) is 5.26. The van der Waals surface area contributed by atoms with Crippen molar-refractivity contribution in [1.29, 1.82) is 0 Å². The second-order valence-corrected chi connectivity index (χ2v) is 7.12. The second kappa shape index (κ2) is 10.7. The fourth-order valence-electron chi connectivity index (χ4n) is 3.79. The van der Waals surface area contributed by atoms with Gasteiger partial charge in [-0.3, -0.25) is 14.8 Å². The van der Waals surface area contributed by atoms with Crippen LogP contribution in [0.2, 0.25) is 0 Å². The van der Waals surface area contributed by atoms with E-state index >= 15 is 0 Å². The molecule has 0 amide bonds. The first-order valence-electron chi connectivity index (χ1n) is 9.12. The number of hydrogen-bond donors (Lipinski definition) is 2. The molecule has 2 aliphatic rings. The molecule has 3 unspecified atom stereocenters. The van der Waals surface area contributed by atoms with Crippen molar-refractivity contribution in [3.63, 3.8) is 0 Å². The maximum atomic E-state index is 6.05. The highest BCUT2D eigenvalue weighted by atomic mass is 127. The highest BCUT2D eigenvalue weighted by Crippen LogP contribution is 2.18. The molecule has 0 spiro atoms. The number of nitrogens with zero attached hydrogens (tertiary/aromatic N) is 3. The van der Waals surface area contributed by atoms with Crippen LogP contribution in [0.15, 0.2) is 4.99 Å². The van der Waals surface area contributed by atoms with Gasteiger partial charge in [-0.2, -0.15) is 0 Å². The largest absolute Gasteiger partial charge is 0.370 e. The quantitative estimate of drug-likeness (QED) is 0.380. The van der Waals surface area contributed by atoms with Crippen LogP contribution in [-0.4, -0.2) is 67.1 Å². The van der Waals surface area contributed by atoms with Crippen molar-refractivity contribution in [2.75, 3.05) is 39.3 Å². The van der Waals surface area contributed by atoms with Crippen molar-refractivity contribution < 1.29 is 0 Å². The molecule has 0 aromatic rings. The zero-order chi connectivity index (χ0) is 15.9. The average molecular weight is 437 g/mol. The van der Waals surface area contributed by atoms with Crippen molar-refractivity contribution in [3.05, 3.63) is 0 Å². The zero-order valence-corrected chi connectivity index (χ0v) is 17.5. The van der Waals surface area contributed by atoms with E-state index in [1.54, 1.807) is 0 Å². The van der Waals surface area contributed by atoms with Crippen LogP contribution in [-0.2, 0) is 0 Å². The number of rotatable bonds is 6. The van der Waals surface area contributed by atoms with Gasteiger partial charge in [0.25, 0.3) is 0 Å². The van der Waals surface area contributed by atoms with Crippen molar-refractivity contribution in [1.82, 2.24) is 15.1 Å². The molecule has 2 aliphatic heterocycles. The molecule has 0 radical (unpaired) electrons. The molecule has 0 saturated carbocycles. The molecule has 2 rings (SSSR count). The van der Waals surface area contributed by atoms with Gasteiger partial charge >= 0.3 is 0 Å². The SMILES string of the molecule is CCN1CCCC1CNC(N)=NCC(C)N1CCCC(C)C1.I. The van der Waals surface area contributed by atoms with Crippen LogP contribution in [0.4, 0.5) is 0 Å². The first-order valence-corrected chi connectivity index (χ1v) is 9.12. The third-order valence-electron chi connectivity index (χ3n) is 5.26. The maximum absolute atomic E-state index is 6.05. The molecule has 3 atom stereocenters. The third kappa shape index (κ3) is 6.74. The Kier molecular flexibility index (Phi) is 9.77. The first kappa shape index (κ1) is 21.0. The summed E-state index contributed by atoms with van der Waals surface area (Å²) in [5.74, 6) is 1.43. The lowest BCUT2D eigenvalue weighted by atomic mass is 9.99. The van der Waals surface area contributed by atoms with Crippen LogP contribution in [0.5, 0.6) is 0 Å². The number of piperidine rings is 1. The topological polar surface area (TPSA) is 56.9 Å². The molecule has 2 fully saturated rings. The molecule has 0 bridgehead atoms. The molecule has 0 aromatic carbocycles. The Labute approximate surface area is 159 Å². The van der Waals surface area contributed by atoms with Gasteiger partial charge in [-0.05, 0) is 58.2 Å². The summed E-state index contributed by atoms with van der Waals surface area (Å²) in [6, 6.07) is 1.11. The van der Waals surface area contributed by atoms with Crippen LogP contribution < -0.4 is 11.1 Å². The van der Waals surface area contributed by atoms with E-state index in [0.717, 1.165) is 25.6 Å². The van der Waals surface area contributed by atoms with E-state index in [9.17, 15) is 0 Å². The summed E-state index contributed by atoms with van der Waals surface area (Å²) in [6.07, 6.45) is 5.26. The Bertz CT molecular complexity index is 363. The van der Waals surface area contributed by atoms with Gasteiger partial charge in [-0.15, -0.1) is 24.0 Å². The van der Waals surface area contributed by atoms with E-state index in [1.807, 2.05) is 0 Å². The molecule has 6 heteroatoms. The Morgan fingerprint density at radius 3 is 2.74 bits per heavy atom. The first-order chi connectivity index (χ1) is 10.6. The van der Waals surface area contributed by atoms with Gasteiger partial charge in [-0.25, -0.2) is 0 Å². The van der Waals surface area contributed by atoms with E-state index < -0.39 is 0 Å². The van der Waals surface area contributed by atoms with E-state index in [0.29, 0.717) is 18.0 Å². The van der Waals surface area contributed by atoms with Gasteiger partial charge in [0.15, 0.2) is 5.96 Å². The molecular formula is C17H36IN5. The number of halogens is 1. The number of hydrogen-bond acceptors (Lipinski definition) is 3. The predicted molar refractivity (Wildman–Crippen MR) is 110 cm³/mol. The van der Waals surface area contributed by atoms with Gasteiger partial charge in [0.2, 0.25) is 0 Å². The van der Waals surface area contributed by atoms with Crippen LogP contribution in [0.3, 0.4) is 0 Å². The lowest BCUT2D eigenvalue weighted by molar-refractivity contribution is 0.142. The molecule has 136 valence electrons. The van der Waals surface area contributed by atoms with E-state index in [4.69, 9.17) is 5.73 Å². The molecule has 23 heavy (non-hydrogen) atoms. The Morgan fingerprint density at radius 2 is 2.04 bits per heavy atom. The van der Waals surface area contributed by atoms with Crippen LogP contribution in [0, 0.1) is 5.92 Å². The number of nitrogens with two attached hydrogens (primary N) is 1. The van der Waals surface area contributed by atoms with Gasteiger partial charge in [-0.1, -0.05) is 13.8 Å². The lowest BCUT2D eigenvalue weighted by Gasteiger charge is -2.34. The second-order valence-electron chi connectivity index (χ2n) is 7.12. The number of likely N-dealkylation sites (N-methyl/N-ethyl adjacent to an activating group) is 1. The van der Waals surface area contributed by atoms with Crippen molar-refractivity contribution in [2.24, 2.45) is 16.6 Å². The summed E-state index contributed by atoms with van der Waals surface area (Å²) in [5.41, 5.74) is 6.05. The average Bonchev–Trinajstić information content (AvgIpc) is 2.98. The fourth-order valence-corrected chi connectivity index (χ4v) is 3.79. The fraction of sp³-hybridized carbons (Fsp3) is 0.941. The summed E-state index contributed by atoms with van der Waals surface area (Å²) in [5, 5.41) is 3.32. The van der Waals surface area contributed by atoms with E-state index in [1.165, 1.54) is 45.3 Å². The van der Waals surface area contributed by atoms with Crippen LogP contribution in [0.1, 0.15) is 46.5 Å². The van der Waals surface area contributed by atoms with Gasteiger partial charge in [0.05, 0.1) is 6.54 Å². The molecule has 5 nitrogen and oxygen atoms in total. The minimum atomic E-state index is 0. The number of likely N-dealkylation sites (tertiary alicyclic amines) is 2. The van der Waals surface area contributed by atoms with Crippen molar-refractivity contribution in [2.45, 2.75) is 58.5 Å². The van der Waals surface area contributed by atoms with Gasteiger partial charge in [0, 0.05) is 25.2 Å². The summed E-state index contributed by atoms with van der Waals surface area (Å²) < 4.78 is 0. The predicted octanol–water partition coefficient (Wildman–Crippen LogP) is 2.11. The maximum Gasteiger partial charge on any atom is 0.188 e. The highest BCUT2D eigenvalue weighted by Gasteiger charge is 2.23. The lowest BCUT2D eigenvalue weighted by Crippen LogP contribution is -2.44. The van der Waals surface area contributed by atoms with Gasteiger partial charge < -0.3 is 11.1 Å². The smallest absolute Gasteiger partial charge is 0.188 e. The Balaban J connectivity index is 0.00000264. The number of guanidine groups is 1. The molecule has 0 aromatic heterocycles. The Morgan fingerprint density at radius 1 is 1.30 bits per heavy atom. The number of aliphatic imine (C=N–C) groups is 1. The normalized spacial score (nSPS) is 28.4. The molecule has 2 heterocycles.